The smallest absolute Gasteiger partial charge is 0.254 e. The van der Waals surface area contributed by atoms with Gasteiger partial charge in [0.25, 0.3) is 5.91 Å². The monoisotopic (exact) mass is 343 g/mol. The predicted octanol–water partition coefficient (Wildman–Crippen LogP) is 2.28. The molecule has 1 aromatic carbocycles. The number of nitrogens with zero attached hydrogens (tertiary/aromatic N) is 2. The molecule has 3 rings (SSSR count). The lowest BCUT2D eigenvalue weighted by atomic mass is 9.96. The molecule has 2 heterocycles. The summed E-state index contributed by atoms with van der Waals surface area (Å²) < 4.78 is 0. The summed E-state index contributed by atoms with van der Waals surface area (Å²) in [7, 11) is 0. The fourth-order valence-electron chi connectivity index (χ4n) is 3.96. The summed E-state index contributed by atoms with van der Waals surface area (Å²) in [6, 6.07) is 9.25. The van der Waals surface area contributed by atoms with E-state index < -0.39 is 5.54 Å². The molecule has 0 radical (unpaired) electrons. The first-order chi connectivity index (χ1) is 12.1. The van der Waals surface area contributed by atoms with E-state index >= 15 is 0 Å². The zero-order chi connectivity index (χ0) is 17.7. The molecule has 0 aromatic heterocycles. The summed E-state index contributed by atoms with van der Waals surface area (Å²) in [6.07, 6.45) is 5.42. The van der Waals surface area contributed by atoms with Crippen molar-refractivity contribution in [3.05, 3.63) is 35.9 Å². The third kappa shape index (κ3) is 4.03. The highest BCUT2D eigenvalue weighted by Gasteiger charge is 2.45. The van der Waals surface area contributed by atoms with Crippen LogP contribution >= 0.6 is 0 Å². The van der Waals surface area contributed by atoms with E-state index in [4.69, 9.17) is 0 Å². The van der Waals surface area contributed by atoms with Gasteiger partial charge in [0, 0.05) is 25.2 Å². The number of nitrogens with one attached hydrogen (secondary N) is 1. The third-order valence-electron chi connectivity index (χ3n) is 5.56. The fourth-order valence-corrected chi connectivity index (χ4v) is 3.96. The van der Waals surface area contributed by atoms with Crippen LogP contribution in [0.1, 0.15) is 49.4 Å². The Morgan fingerprint density at radius 2 is 1.76 bits per heavy atom. The van der Waals surface area contributed by atoms with Crippen molar-refractivity contribution in [2.45, 2.75) is 44.6 Å². The van der Waals surface area contributed by atoms with E-state index in [9.17, 15) is 9.59 Å². The van der Waals surface area contributed by atoms with E-state index in [1.54, 1.807) is 4.90 Å². The van der Waals surface area contributed by atoms with Crippen molar-refractivity contribution in [1.29, 1.82) is 0 Å². The summed E-state index contributed by atoms with van der Waals surface area (Å²) in [4.78, 5) is 29.8. The highest BCUT2D eigenvalue weighted by Crippen LogP contribution is 2.30. The van der Waals surface area contributed by atoms with E-state index in [1.165, 1.54) is 19.3 Å². The van der Waals surface area contributed by atoms with E-state index in [-0.39, 0.29) is 11.8 Å². The van der Waals surface area contributed by atoms with Crippen LogP contribution in [0.15, 0.2) is 30.3 Å². The predicted molar refractivity (Wildman–Crippen MR) is 98.4 cm³/mol. The van der Waals surface area contributed by atoms with E-state index in [0.29, 0.717) is 18.7 Å². The summed E-state index contributed by atoms with van der Waals surface area (Å²) >= 11 is 0. The Kier molecular flexibility index (Phi) is 5.74. The molecule has 1 N–H and O–H groups in total. The van der Waals surface area contributed by atoms with Crippen LogP contribution in [0.3, 0.4) is 0 Å². The molecular weight excluding hydrogens is 314 g/mol. The zero-order valence-electron chi connectivity index (χ0n) is 15.2. The molecular formula is C20H29N3O2. The van der Waals surface area contributed by atoms with Crippen LogP contribution in [0.5, 0.6) is 0 Å². The second-order valence-corrected chi connectivity index (χ2v) is 7.36. The number of benzene rings is 1. The lowest BCUT2D eigenvalue weighted by Crippen LogP contribution is -2.56. The Hall–Kier alpha value is -1.88. The Labute approximate surface area is 150 Å². The minimum atomic E-state index is -0.741. The molecule has 0 spiro atoms. The van der Waals surface area contributed by atoms with Crippen LogP contribution < -0.4 is 5.32 Å². The van der Waals surface area contributed by atoms with Crippen molar-refractivity contribution in [3.63, 3.8) is 0 Å². The molecule has 2 amide bonds. The molecule has 2 aliphatic rings. The Bertz CT molecular complexity index is 598. The molecule has 2 fully saturated rings. The van der Waals surface area contributed by atoms with Gasteiger partial charge in [-0.2, -0.15) is 0 Å². The van der Waals surface area contributed by atoms with Gasteiger partial charge in [-0.3, -0.25) is 9.59 Å². The molecule has 0 saturated carbocycles. The summed E-state index contributed by atoms with van der Waals surface area (Å²) in [5.74, 6) is -0.0712. The zero-order valence-corrected chi connectivity index (χ0v) is 15.2. The lowest BCUT2D eigenvalue weighted by molar-refractivity contribution is -0.129. The average molecular weight is 343 g/mol. The van der Waals surface area contributed by atoms with Gasteiger partial charge < -0.3 is 15.1 Å². The highest BCUT2D eigenvalue weighted by atomic mass is 16.2. The van der Waals surface area contributed by atoms with Gasteiger partial charge in [-0.25, -0.2) is 0 Å². The topological polar surface area (TPSA) is 52.7 Å². The van der Waals surface area contributed by atoms with Crippen LogP contribution in [0.4, 0.5) is 0 Å². The second kappa shape index (κ2) is 8.00. The number of rotatable bonds is 5. The molecule has 5 heteroatoms. The standard InChI is InChI=1S/C20H29N3O2/c1-20(19(25)21-12-16-22-13-6-3-7-14-22)11-8-15-23(20)18(24)17-9-4-2-5-10-17/h2,4-5,9-10H,3,6-8,11-16H2,1H3,(H,21,25)/t20-/m1/s1. The van der Waals surface area contributed by atoms with Crippen LogP contribution in [0.2, 0.25) is 0 Å². The molecule has 0 bridgehead atoms. The van der Waals surface area contributed by atoms with Gasteiger partial charge in [0.2, 0.25) is 5.91 Å². The van der Waals surface area contributed by atoms with Crippen molar-refractivity contribution in [1.82, 2.24) is 15.1 Å². The third-order valence-corrected chi connectivity index (χ3v) is 5.56. The van der Waals surface area contributed by atoms with Gasteiger partial charge in [0.1, 0.15) is 5.54 Å². The normalized spacial score (nSPS) is 24.3. The number of piperidine rings is 1. The first-order valence-corrected chi connectivity index (χ1v) is 9.49. The van der Waals surface area contributed by atoms with Crippen molar-refractivity contribution >= 4 is 11.8 Å². The molecule has 25 heavy (non-hydrogen) atoms. The van der Waals surface area contributed by atoms with Crippen molar-refractivity contribution < 1.29 is 9.59 Å². The van der Waals surface area contributed by atoms with Gasteiger partial charge in [0.05, 0.1) is 0 Å². The molecule has 2 aliphatic heterocycles. The van der Waals surface area contributed by atoms with E-state index in [2.05, 4.69) is 10.2 Å². The van der Waals surface area contributed by atoms with E-state index in [1.807, 2.05) is 37.3 Å². The van der Waals surface area contributed by atoms with Crippen molar-refractivity contribution in [2.24, 2.45) is 0 Å². The van der Waals surface area contributed by atoms with Gasteiger partial charge in [0.15, 0.2) is 0 Å². The average Bonchev–Trinajstić information content (AvgIpc) is 3.05. The lowest BCUT2D eigenvalue weighted by Gasteiger charge is -2.34. The van der Waals surface area contributed by atoms with Gasteiger partial charge in [-0.1, -0.05) is 24.6 Å². The van der Waals surface area contributed by atoms with Crippen molar-refractivity contribution in [2.75, 3.05) is 32.7 Å². The van der Waals surface area contributed by atoms with Crippen LogP contribution in [-0.2, 0) is 4.79 Å². The van der Waals surface area contributed by atoms with Gasteiger partial charge in [-0.15, -0.1) is 0 Å². The summed E-state index contributed by atoms with van der Waals surface area (Å²) in [6.45, 7) is 6.36. The molecule has 2 saturated heterocycles. The SMILES string of the molecule is C[C@]1(C(=O)NCCN2CCCCC2)CCCN1C(=O)c1ccccc1. The van der Waals surface area contributed by atoms with Gasteiger partial charge in [-0.05, 0) is 57.8 Å². The van der Waals surface area contributed by atoms with Crippen LogP contribution in [0.25, 0.3) is 0 Å². The molecule has 136 valence electrons. The highest BCUT2D eigenvalue weighted by molar-refractivity contribution is 5.99. The summed E-state index contributed by atoms with van der Waals surface area (Å²) in [5.41, 5.74) is -0.0915. The summed E-state index contributed by atoms with van der Waals surface area (Å²) in [5, 5.41) is 3.07. The number of hydrogen-bond donors (Lipinski definition) is 1. The Balaban J connectivity index is 1.58. The maximum absolute atomic E-state index is 12.8. The minimum absolute atomic E-state index is 0.0220. The van der Waals surface area contributed by atoms with E-state index in [0.717, 1.165) is 32.5 Å². The fraction of sp³-hybridized carbons (Fsp3) is 0.600. The Morgan fingerprint density at radius 3 is 2.48 bits per heavy atom. The molecule has 1 atom stereocenters. The molecule has 1 aromatic rings. The first kappa shape index (κ1) is 17.9. The quantitative estimate of drug-likeness (QED) is 0.892. The van der Waals surface area contributed by atoms with Gasteiger partial charge >= 0.3 is 0 Å². The number of carbonyl (C=O) groups is 2. The molecule has 0 unspecified atom stereocenters. The molecule has 5 nitrogen and oxygen atoms in total. The first-order valence-electron chi connectivity index (χ1n) is 9.49. The molecule has 0 aliphatic carbocycles. The van der Waals surface area contributed by atoms with Crippen LogP contribution in [-0.4, -0.2) is 59.9 Å². The maximum atomic E-state index is 12.8. The van der Waals surface area contributed by atoms with Crippen molar-refractivity contribution in [3.8, 4) is 0 Å². The number of carbonyl (C=O) groups excluding carboxylic acids is 2. The number of likely N-dealkylation sites (tertiary alicyclic amines) is 2. The Morgan fingerprint density at radius 1 is 1.04 bits per heavy atom. The number of hydrogen-bond acceptors (Lipinski definition) is 3. The largest absolute Gasteiger partial charge is 0.353 e. The second-order valence-electron chi connectivity index (χ2n) is 7.36. The maximum Gasteiger partial charge on any atom is 0.254 e. The van der Waals surface area contributed by atoms with Crippen LogP contribution in [0, 0.1) is 0 Å². The number of amides is 2. The minimum Gasteiger partial charge on any atom is -0.353 e.